The summed E-state index contributed by atoms with van der Waals surface area (Å²) in [6.45, 7) is 6.98. The highest BCUT2D eigenvalue weighted by Crippen LogP contribution is 2.37. The average molecular weight is 258 g/mol. The van der Waals surface area contributed by atoms with Gasteiger partial charge in [0.25, 0.3) is 0 Å². The molecule has 1 aromatic carbocycles. The maximum atomic E-state index is 3.78. The van der Waals surface area contributed by atoms with Gasteiger partial charge in [0, 0.05) is 31.9 Å². The Morgan fingerprint density at radius 3 is 2.95 bits per heavy atom. The predicted octanol–water partition coefficient (Wildman–Crippen LogP) is 3.35. The average Bonchev–Trinajstić information content (AvgIpc) is 2.90. The third-order valence-electron chi connectivity index (χ3n) is 5.08. The van der Waals surface area contributed by atoms with E-state index in [2.05, 4.69) is 49.3 Å². The van der Waals surface area contributed by atoms with E-state index >= 15 is 0 Å². The second-order valence-corrected chi connectivity index (χ2v) is 6.95. The Morgan fingerprint density at radius 2 is 2.21 bits per heavy atom. The molecular weight excluding hydrogens is 232 g/mol. The van der Waals surface area contributed by atoms with Gasteiger partial charge in [-0.05, 0) is 41.9 Å². The van der Waals surface area contributed by atoms with Crippen LogP contribution in [-0.2, 0) is 13.0 Å². The van der Waals surface area contributed by atoms with Crippen molar-refractivity contribution in [2.45, 2.75) is 52.1 Å². The van der Waals surface area contributed by atoms with Gasteiger partial charge in [0.2, 0.25) is 0 Å². The van der Waals surface area contributed by atoms with Crippen molar-refractivity contribution in [1.29, 1.82) is 0 Å². The normalized spacial score (nSPS) is 24.8. The van der Waals surface area contributed by atoms with Crippen LogP contribution in [0.4, 0.5) is 5.69 Å². The molecule has 1 saturated carbocycles. The number of hydrogen-bond acceptors (Lipinski definition) is 2. The molecule has 1 unspecified atom stereocenters. The number of likely N-dealkylation sites (N-methyl/N-ethyl adjacent to an activating group) is 1. The molecule has 1 fully saturated rings. The summed E-state index contributed by atoms with van der Waals surface area (Å²) >= 11 is 0. The van der Waals surface area contributed by atoms with Crippen LogP contribution in [0.2, 0.25) is 0 Å². The van der Waals surface area contributed by atoms with Crippen LogP contribution < -0.4 is 10.2 Å². The SMILES string of the molecule is CN1CCc2cc(CNC3CCCC3(C)C)ccc21. The van der Waals surface area contributed by atoms with Crippen molar-refractivity contribution in [2.24, 2.45) is 5.41 Å². The van der Waals surface area contributed by atoms with Crippen LogP contribution in [0.15, 0.2) is 18.2 Å². The van der Waals surface area contributed by atoms with Gasteiger partial charge in [0.1, 0.15) is 0 Å². The first-order valence-corrected chi connectivity index (χ1v) is 7.62. The van der Waals surface area contributed by atoms with Crippen molar-refractivity contribution in [3.63, 3.8) is 0 Å². The van der Waals surface area contributed by atoms with Gasteiger partial charge in [-0.15, -0.1) is 0 Å². The van der Waals surface area contributed by atoms with Crippen molar-refractivity contribution in [3.8, 4) is 0 Å². The zero-order chi connectivity index (χ0) is 13.5. The molecule has 0 amide bonds. The smallest absolute Gasteiger partial charge is 0.0397 e. The van der Waals surface area contributed by atoms with E-state index in [4.69, 9.17) is 0 Å². The first kappa shape index (κ1) is 13.0. The van der Waals surface area contributed by atoms with Gasteiger partial charge < -0.3 is 10.2 Å². The van der Waals surface area contributed by atoms with E-state index in [1.807, 2.05) is 0 Å². The van der Waals surface area contributed by atoms with Gasteiger partial charge in [0.05, 0.1) is 0 Å². The summed E-state index contributed by atoms with van der Waals surface area (Å²) in [7, 11) is 2.19. The molecule has 1 atom stereocenters. The number of anilines is 1. The van der Waals surface area contributed by atoms with Crippen LogP contribution in [0.25, 0.3) is 0 Å². The molecule has 1 N–H and O–H groups in total. The van der Waals surface area contributed by atoms with Crippen LogP contribution in [0, 0.1) is 5.41 Å². The fraction of sp³-hybridized carbons (Fsp3) is 0.647. The Kier molecular flexibility index (Phi) is 3.30. The Hall–Kier alpha value is -1.02. The summed E-state index contributed by atoms with van der Waals surface area (Å²) in [5.74, 6) is 0. The lowest BCUT2D eigenvalue weighted by Crippen LogP contribution is -2.37. The van der Waals surface area contributed by atoms with E-state index in [1.54, 1.807) is 0 Å². The summed E-state index contributed by atoms with van der Waals surface area (Å²) in [6, 6.07) is 7.66. The molecule has 0 bridgehead atoms. The summed E-state index contributed by atoms with van der Waals surface area (Å²) in [5, 5.41) is 3.78. The van der Waals surface area contributed by atoms with Gasteiger partial charge in [-0.25, -0.2) is 0 Å². The Labute approximate surface area is 117 Å². The lowest BCUT2D eigenvalue weighted by atomic mass is 9.87. The van der Waals surface area contributed by atoms with E-state index in [9.17, 15) is 0 Å². The minimum absolute atomic E-state index is 0.469. The number of benzene rings is 1. The molecule has 1 heterocycles. The summed E-state index contributed by atoms with van der Waals surface area (Å²) in [6.07, 6.45) is 5.27. The highest BCUT2D eigenvalue weighted by Gasteiger charge is 2.33. The lowest BCUT2D eigenvalue weighted by molar-refractivity contribution is 0.282. The number of hydrogen-bond donors (Lipinski definition) is 1. The Balaban J connectivity index is 1.65. The molecule has 2 aliphatic rings. The monoisotopic (exact) mass is 258 g/mol. The molecular formula is C17H26N2. The van der Waals surface area contributed by atoms with E-state index in [1.165, 1.54) is 49.0 Å². The molecule has 3 rings (SSSR count). The second kappa shape index (κ2) is 4.82. The van der Waals surface area contributed by atoms with Crippen molar-refractivity contribution in [3.05, 3.63) is 29.3 Å². The number of nitrogens with one attached hydrogen (secondary N) is 1. The van der Waals surface area contributed by atoms with Crippen LogP contribution >= 0.6 is 0 Å². The third kappa shape index (κ3) is 2.51. The maximum Gasteiger partial charge on any atom is 0.0397 e. The van der Waals surface area contributed by atoms with Gasteiger partial charge in [-0.3, -0.25) is 0 Å². The first-order valence-electron chi connectivity index (χ1n) is 7.62. The highest BCUT2D eigenvalue weighted by atomic mass is 15.1. The molecule has 0 aromatic heterocycles. The predicted molar refractivity (Wildman–Crippen MR) is 81.7 cm³/mol. The molecule has 2 nitrogen and oxygen atoms in total. The van der Waals surface area contributed by atoms with Crippen LogP contribution in [0.5, 0.6) is 0 Å². The van der Waals surface area contributed by atoms with Crippen LogP contribution in [0.1, 0.15) is 44.2 Å². The van der Waals surface area contributed by atoms with Crippen molar-refractivity contribution >= 4 is 5.69 Å². The molecule has 0 saturated heterocycles. The maximum absolute atomic E-state index is 3.78. The molecule has 19 heavy (non-hydrogen) atoms. The van der Waals surface area contributed by atoms with Crippen LogP contribution in [0.3, 0.4) is 0 Å². The van der Waals surface area contributed by atoms with E-state index in [-0.39, 0.29) is 0 Å². The largest absolute Gasteiger partial charge is 0.374 e. The molecule has 1 aliphatic carbocycles. The van der Waals surface area contributed by atoms with Crippen molar-refractivity contribution in [1.82, 2.24) is 5.32 Å². The van der Waals surface area contributed by atoms with Gasteiger partial charge in [-0.2, -0.15) is 0 Å². The molecule has 0 spiro atoms. The number of nitrogens with zero attached hydrogens (tertiary/aromatic N) is 1. The number of fused-ring (bicyclic) bond motifs is 1. The summed E-state index contributed by atoms with van der Waals surface area (Å²) in [5.41, 5.74) is 4.85. The zero-order valence-corrected chi connectivity index (χ0v) is 12.5. The number of rotatable bonds is 3. The highest BCUT2D eigenvalue weighted by molar-refractivity contribution is 5.58. The van der Waals surface area contributed by atoms with E-state index in [0.29, 0.717) is 11.5 Å². The minimum Gasteiger partial charge on any atom is -0.374 e. The minimum atomic E-state index is 0.469. The molecule has 2 heteroatoms. The zero-order valence-electron chi connectivity index (χ0n) is 12.5. The topological polar surface area (TPSA) is 15.3 Å². The fourth-order valence-corrected chi connectivity index (χ4v) is 3.68. The summed E-state index contributed by atoms with van der Waals surface area (Å²) in [4.78, 5) is 2.35. The second-order valence-electron chi connectivity index (χ2n) is 6.95. The molecule has 1 aliphatic heterocycles. The van der Waals surface area contributed by atoms with Crippen molar-refractivity contribution < 1.29 is 0 Å². The quantitative estimate of drug-likeness (QED) is 0.894. The van der Waals surface area contributed by atoms with Crippen LogP contribution in [-0.4, -0.2) is 19.6 Å². The molecule has 0 radical (unpaired) electrons. The first-order chi connectivity index (χ1) is 9.06. The van der Waals surface area contributed by atoms with Gasteiger partial charge in [0.15, 0.2) is 0 Å². The summed E-state index contributed by atoms with van der Waals surface area (Å²) < 4.78 is 0. The Morgan fingerprint density at radius 1 is 1.37 bits per heavy atom. The Bertz CT molecular complexity index is 464. The van der Waals surface area contributed by atoms with Gasteiger partial charge in [-0.1, -0.05) is 32.4 Å². The fourth-order valence-electron chi connectivity index (χ4n) is 3.68. The molecule has 104 valence electrons. The van der Waals surface area contributed by atoms with E-state index in [0.717, 1.165) is 6.54 Å². The van der Waals surface area contributed by atoms with Gasteiger partial charge >= 0.3 is 0 Å². The lowest BCUT2D eigenvalue weighted by Gasteiger charge is -2.28. The third-order valence-corrected chi connectivity index (χ3v) is 5.08. The standard InChI is InChI=1S/C17H26N2/c1-17(2)9-4-5-16(17)18-12-13-6-7-15-14(11-13)8-10-19(15)3/h6-7,11,16,18H,4-5,8-10,12H2,1-3H3. The van der Waals surface area contributed by atoms with Crippen molar-refractivity contribution in [2.75, 3.05) is 18.5 Å². The van der Waals surface area contributed by atoms with E-state index < -0.39 is 0 Å². The molecule has 1 aromatic rings.